The molecule has 0 N–H and O–H groups in total. The third kappa shape index (κ3) is 3.75. The minimum atomic E-state index is -0.335. The molecule has 3 heterocycles. The van der Waals surface area contributed by atoms with Gasteiger partial charge >= 0.3 is 5.97 Å². The van der Waals surface area contributed by atoms with Gasteiger partial charge in [0, 0.05) is 18.5 Å². The molecule has 2 aromatic heterocycles. The van der Waals surface area contributed by atoms with E-state index in [-0.39, 0.29) is 29.9 Å². The van der Waals surface area contributed by atoms with Gasteiger partial charge in [0.05, 0.1) is 25.2 Å². The summed E-state index contributed by atoms with van der Waals surface area (Å²) in [5.74, 6) is 0.712. The highest BCUT2D eigenvalue weighted by atomic mass is 16.5. The largest absolute Gasteiger partial charge is 0.496 e. The van der Waals surface area contributed by atoms with E-state index in [0.29, 0.717) is 49.6 Å². The van der Waals surface area contributed by atoms with Crippen molar-refractivity contribution in [2.45, 2.75) is 33.2 Å². The Hall–Kier alpha value is -3.36. The van der Waals surface area contributed by atoms with Crippen LogP contribution in [0.15, 0.2) is 29.1 Å². The highest BCUT2D eigenvalue weighted by Gasteiger charge is 2.28. The van der Waals surface area contributed by atoms with E-state index in [2.05, 4.69) is 5.10 Å². The predicted octanol–water partition coefficient (Wildman–Crippen LogP) is 1.77. The van der Waals surface area contributed by atoms with Crippen molar-refractivity contribution in [2.24, 2.45) is 5.92 Å². The molecular weight excluding hydrogens is 400 g/mol. The number of fused-ring (bicyclic) bond motifs is 3. The second-order valence-corrected chi connectivity index (χ2v) is 7.68. The van der Waals surface area contributed by atoms with E-state index in [9.17, 15) is 14.4 Å². The minimum Gasteiger partial charge on any atom is -0.496 e. The number of nitrogens with zero attached hydrogens (tertiary/aromatic N) is 4. The van der Waals surface area contributed by atoms with Gasteiger partial charge in [0.25, 0.3) is 5.56 Å². The van der Waals surface area contributed by atoms with Gasteiger partial charge in [-0.2, -0.15) is 5.10 Å². The zero-order valence-electron chi connectivity index (χ0n) is 18.0. The summed E-state index contributed by atoms with van der Waals surface area (Å²) < 4.78 is 13.5. The molecule has 164 valence electrons. The first-order valence-corrected chi connectivity index (χ1v) is 10.4. The molecule has 1 aliphatic rings. The highest BCUT2D eigenvalue weighted by Crippen LogP contribution is 2.28. The molecule has 0 unspecified atom stereocenters. The molecule has 9 nitrogen and oxygen atoms in total. The Morgan fingerprint density at radius 2 is 1.94 bits per heavy atom. The summed E-state index contributed by atoms with van der Waals surface area (Å²) >= 11 is 0. The summed E-state index contributed by atoms with van der Waals surface area (Å²) in [6.07, 6.45) is 1.13. The standard InChI is InChI=1S/C22H26N4O5/c1-4-31-22(29)15-8-10-24(11-9-15)20(27)13-25-21(28)18-12-16-17(26(18)14(2)23-25)6-5-7-19(16)30-3/h5-7,12,15H,4,8-11,13H2,1-3H3. The van der Waals surface area contributed by atoms with Crippen LogP contribution in [0, 0.1) is 12.8 Å². The number of carbonyl (C=O) groups excluding carboxylic acids is 2. The number of benzene rings is 1. The van der Waals surface area contributed by atoms with Crippen molar-refractivity contribution in [2.75, 3.05) is 26.8 Å². The van der Waals surface area contributed by atoms with E-state index in [1.165, 1.54) is 4.68 Å². The lowest BCUT2D eigenvalue weighted by Crippen LogP contribution is -2.43. The molecule has 0 atom stereocenters. The Morgan fingerprint density at radius 1 is 1.19 bits per heavy atom. The van der Waals surface area contributed by atoms with E-state index in [1.54, 1.807) is 36.3 Å². The summed E-state index contributed by atoms with van der Waals surface area (Å²) in [6, 6.07) is 7.38. The third-order valence-corrected chi connectivity index (χ3v) is 5.82. The van der Waals surface area contributed by atoms with Crippen molar-refractivity contribution < 1.29 is 19.1 Å². The lowest BCUT2D eigenvalue weighted by Gasteiger charge is -2.30. The van der Waals surface area contributed by atoms with Gasteiger partial charge in [-0.15, -0.1) is 0 Å². The van der Waals surface area contributed by atoms with Crippen LogP contribution in [0.25, 0.3) is 16.4 Å². The van der Waals surface area contributed by atoms with E-state index in [0.717, 1.165) is 10.9 Å². The first kappa shape index (κ1) is 20.9. The Morgan fingerprint density at radius 3 is 2.61 bits per heavy atom. The Bertz CT molecular complexity index is 1200. The van der Waals surface area contributed by atoms with Gasteiger partial charge < -0.3 is 14.4 Å². The summed E-state index contributed by atoms with van der Waals surface area (Å²) in [5.41, 5.74) is 0.940. The fraction of sp³-hybridized carbons (Fsp3) is 0.455. The Labute approximate surface area is 179 Å². The number of carbonyl (C=O) groups is 2. The van der Waals surface area contributed by atoms with Crippen LogP contribution >= 0.6 is 0 Å². The molecule has 4 rings (SSSR count). The number of likely N-dealkylation sites (tertiary alicyclic amines) is 1. The average molecular weight is 426 g/mol. The number of rotatable bonds is 5. The molecule has 31 heavy (non-hydrogen) atoms. The number of aromatic nitrogens is 3. The van der Waals surface area contributed by atoms with Crippen molar-refractivity contribution in [1.82, 2.24) is 19.1 Å². The number of aryl methyl sites for hydroxylation is 1. The normalized spacial score (nSPS) is 14.9. The van der Waals surface area contributed by atoms with E-state index in [4.69, 9.17) is 9.47 Å². The van der Waals surface area contributed by atoms with Crippen LogP contribution in [-0.2, 0) is 20.9 Å². The van der Waals surface area contributed by atoms with Crippen molar-refractivity contribution in [3.63, 3.8) is 0 Å². The molecule has 1 aliphatic heterocycles. The first-order chi connectivity index (χ1) is 14.9. The lowest BCUT2D eigenvalue weighted by molar-refractivity contribution is -0.151. The van der Waals surface area contributed by atoms with Gasteiger partial charge in [-0.1, -0.05) is 6.07 Å². The van der Waals surface area contributed by atoms with Crippen LogP contribution in [0.1, 0.15) is 25.6 Å². The summed E-state index contributed by atoms with van der Waals surface area (Å²) in [7, 11) is 1.59. The van der Waals surface area contributed by atoms with Crippen LogP contribution in [-0.4, -0.2) is 57.8 Å². The maximum Gasteiger partial charge on any atom is 0.309 e. The molecule has 0 bridgehead atoms. The maximum absolute atomic E-state index is 13.1. The van der Waals surface area contributed by atoms with Crippen LogP contribution in [0.5, 0.6) is 5.75 Å². The van der Waals surface area contributed by atoms with Crippen LogP contribution < -0.4 is 10.3 Å². The van der Waals surface area contributed by atoms with Gasteiger partial charge in [-0.05, 0) is 44.9 Å². The maximum atomic E-state index is 13.1. The Kier molecular flexibility index (Phi) is 5.67. The van der Waals surface area contributed by atoms with Gasteiger partial charge in [0.1, 0.15) is 23.6 Å². The number of ether oxygens (including phenoxy) is 2. The number of methoxy groups -OCH3 is 1. The first-order valence-electron chi connectivity index (χ1n) is 10.4. The molecule has 9 heteroatoms. The molecular formula is C22H26N4O5. The number of hydrogen-bond donors (Lipinski definition) is 0. The lowest BCUT2D eigenvalue weighted by atomic mass is 9.97. The molecule has 1 saturated heterocycles. The second kappa shape index (κ2) is 8.41. The van der Waals surface area contributed by atoms with Crippen LogP contribution in [0.3, 0.4) is 0 Å². The van der Waals surface area contributed by atoms with Crippen molar-refractivity contribution in [1.29, 1.82) is 0 Å². The molecule has 0 saturated carbocycles. The van der Waals surface area contributed by atoms with Crippen molar-refractivity contribution >= 4 is 28.3 Å². The molecule has 0 spiro atoms. The number of hydrogen-bond acceptors (Lipinski definition) is 6. The van der Waals surface area contributed by atoms with Gasteiger partial charge in [-0.25, -0.2) is 4.68 Å². The quantitative estimate of drug-likeness (QED) is 0.577. The molecule has 1 fully saturated rings. The van der Waals surface area contributed by atoms with Gasteiger partial charge in [-0.3, -0.25) is 18.8 Å². The topological polar surface area (TPSA) is 95.1 Å². The molecule has 1 amide bonds. The Balaban J connectivity index is 1.57. The molecule has 1 aromatic carbocycles. The fourth-order valence-corrected chi connectivity index (χ4v) is 4.24. The SMILES string of the molecule is CCOC(=O)C1CCN(C(=O)Cn2nc(C)n3c(cc4c(OC)cccc43)c2=O)CC1. The molecule has 3 aromatic rings. The summed E-state index contributed by atoms with van der Waals surface area (Å²) in [4.78, 5) is 39.5. The zero-order valence-corrected chi connectivity index (χ0v) is 18.0. The molecule has 0 aliphatic carbocycles. The summed E-state index contributed by atoms with van der Waals surface area (Å²) in [6.45, 7) is 4.73. The fourth-order valence-electron chi connectivity index (χ4n) is 4.24. The second-order valence-electron chi connectivity index (χ2n) is 7.68. The predicted molar refractivity (Wildman–Crippen MR) is 114 cm³/mol. The monoisotopic (exact) mass is 426 g/mol. The van der Waals surface area contributed by atoms with Gasteiger partial charge in [0.15, 0.2) is 0 Å². The number of amides is 1. The average Bonchev–Trinajstić information content (AvgIpc) is 3.18. The number of piperidine rings is 1. The summed E-state index contributed by atoms with van der Waals surface area (Å²) in [5, 5.41) is 5.20. The van der Waals surface area contributed by atoms with E-state index < -0.39 is 0 Å². The number of esters is 1. The van der Waals surface area contributed by atoms with E-state index in [1.807, 2.05) is 18.2 Å². The highest BCUT2D eigenvalue weighted by molar-refractivity contribution is 5.92. The van der Waals surface area contributed by atoms with Crippen LogP contribution in [0.4, 0.5) is 0 Å². The third-order valence-electron chi connectivity index (χ3n) is 5.82. The smallest absolute Gasteiger partial charge is 0.309 e. The van der Waals surface area contributed by atoms with Crippen molar-refractivity contribution in [3.05, 3.63) is 40.4 Å². The minimum absolute atomic E-state index is 0.140. The molecule has 0 radical (unpaired) electrons. The van der Waals surface area contributed by atoms with Crippen molar-refractivity contribution in [3.8, 4) is 5.75 Å². The van der Waals surface area contributed by atoms with Crippen LogP contribution in [0.2, 0.25) is 0 Å². The van der Waals surface area contributed by atoms with E-state index >= 15 is 0 Å². The zero-order chi connectivity index (χ0) is 22.1. The van der Waals surface area contributed by atoms with Gasteiger partial charge in [0.2, 0.25) is 5.91 Å².